The number of hydrogen-bond acceptors (Lipinski definition) is 2. The fraction of sp³-hybridized carbons (Fsp3) is 0.182. The predicted molar refractivity (Wildman–Crippen MR) is 63.4 cm³/mol. The first-order chi connectivity index (χ1) is 6.83. The highest BCUT2D eigenvalue weighted by atomic mass is 32.1. The van der Waals surface area contributed by atoms with Crippen molar-refractivity contribution < 1.29 is 4.74 Å². The molecule has 0 atom stereocenters. The summed E-state index contributed by atoms with van der Waals surface area (Å²) in [7, 11) is 0. The van der Waals surface area contributed by atoms with Gasteiger partial charge in [0.25, 0.3) is 5.17 Å². The fourth-order valence-corrected chi connectivity index (χ4v) is 1.08. The molecule has 74 valence electrons. The van der Waals surface area contributed by atoms with Gasteiger partial charge in [-0.25, -0.2) is 0 Å². The van der Waals surface area contributed by atoms with Gasteiger partial charge in [0.1, 0.15) is 6.61 Å². The third-order valence-electron chi connectivity index (χ3n) is 1.57. The van der Waals surface area contributed by atoms with E-state index in [2.05, 4.69) is 5.32 Å². The summed E-state index contributed by atoms with van der Waals surface area (Å²) in [6, 6.07) is 9.71. The van der Waals surface area contributed by atoms with Crippen molar-refractivity contribution in [3.8, 4) is 0 Å². The van der Waals surface area contributed by atoms with Gasteiger partial charge in [0.05, 0.1) is 0 Å². The van der Waals surface area contributed by atoms with E-state index in [9.17, 15) is 0 Å². The van der Waals surface area contributed by atoms with Crippen LogP contribution in [0.2, 0.25) is 0 Å². The van der Waals surface area contributed by atoms with E-state index in [1.165, 1.54) is 0 Å². The van der Waals surface area contributed by atoms with Crippen LogP contribution in [-0.2, 0) is 4.74 Å². The van der Waals surface area contributed by atoms with Crippen molar-refractivity contribution in [2.45, 2.75) is 6.92 Å². The summed E-state index contributed by atoms with van der Waals surface area (Å²) in [4.78, 5) is 0. The fourth-order valence-electron chi connectivity index (χ4n) is 0.895. The molecular weight excluding hydrogens is 194 g/mol. The summed E-state index contributed by atoms with van der Waals surface area (Å²) in [5, 5.41) is 3.37. The van der Waals surface area contributed by atoms with Gasteiger partial charge < -0.3 is 10.1 Å². The van der Waals surface area contributed by atoms with Crippen molar-refractivity contribution in [1.82, 2.24) is 0 Å². The molecule has 1 rings (SSSR count). The Balaban J connectivity index is 2.34. The Morgan fingerprint density at radius 3 is 2.79 bits per heavy atom. The maximum absolute atomic E-state index is 5.22. The van der Waals surface area contributed by atoms with E-state index < -0.39 is 0 Å². The highest BCUT2D eigenvalue weighted by Gasteiger charge is 1.95. The third-order valence-corrected chi connectivity index (χ3v) is 1.79. The highest BCUT2D eigenvalue weighted by Crippen LogP contribution is 2.05. The highest BCUT2D eigenvalue weighted by molar-refractivity contribution is 7.80. The van der Waals surface area contributed by atoms with E-state index in [4.69, 9.17) is 17.0 Å². The van der Waals surface area contributed by atoms with Crippen molar-refractivity contribution in [3.63, 3.8) is 0 Å². The SMILES string of the molecule is C/C=C/COC(=S)Nc1ccccc1. The first-order valence-corrected chi connectivity index (χ1v) is 4.83. The van der Waals surface area contributed by atoms with Crippen LogP contribution in [0.15, 0.2) is 42.5 Å². The Labute approximate surface area is 89.6 Å². The van der Waals surface area contributed by atoms with Gasteiger partial charge in [-0.3, -0.25) is 0 Å². The molecule has 1 aromatic rings. The van der Waals surface area contributed by atoms with Gasteiger partial charge in [-0.05, 0) is 31.3 Å². The van der Waals surface area contributed by atoms with E-state index in [0.717, 1.165) is 5.69 Å². The van der Waals surface area contributed by atoms with Crippen LogP contribution in [0.25, 0.3) is 0 Å². The van der Waals surface area contributed by atoms with Crippen molar-refractivity contribution in [3.05, 3.63) is 42.5 Å². The number of thiocarbonyl (C=S) groups is 1. The number of allylic oxidation sites excluding steroid dienone is 1. The Kier molecular flexibility index (Phi) is 4.72. The van der Waals surface area contributed by atoms with Gasteiger partial charge in [-0.2, -0.15) is 0 Å². The molecule has 0 aromatic heterocycles. The van der Waals surface area contributed by atoms with Crippen LogP contribution < -0.4 is 5.32 Å². The number of benzene rings is 1. The van der Waals surface area contributed by atoms with E-state index >= 15 is 0 Å². The standard InChI is InChI=1S/C11H13NOS/c1-2-3-9-13-11(14)12-10-7-5-4-6-8-10/h2-8H,9H2,1H3,(H,12,14)/b3-2+. The lowest BCUT2D eigenvalue weighted by Crippen LogP contribution is -2.12. The zero-order valence-electron chi connectivity index (χ0n) is 8.07. The molecule has 0 spiro atoms. The van der Waals surface area contributed by atoms with Gasteiger partial charge in [0.2, 0.25) is 0 Å². The Hall–Kier alpha value is -1.35. The van der Waals surface area contributed by atoms with Crippen LogP contribution in [0.1, 0.15) is 6.92 Å². The summed E-state index contributed by atoms with van der Waals surface area (Å²) in [5.41, 5.74) is 0.943. The molecule has 1 N–H and O–H groups in total. The minimum atomic E-state index is 0.398. The summed E-state index contributed by atoms with van der Waals surface area (Å²) >= 11 is 4.98. The van der Waals surface area contributed by atoms with Crippen molar-refractivity contribution in [1.29, 1.82) is 0 Å². The topological polar surface area (TPSA) is 21.3 Å². The average molecular weight is 207 g/mol. The van der Waals surface area contributed by atoms with E-state index in [1.807, 2.05) is 49.4 Å². The van der Waals surface area contributed by atoms with Crippen molar-refractivity contribution in [2.24, 2.45) is 0 Å². The van der Waals surface area contributed by atoms with Crippen molar-refractivity contribution >= 4 is 23.1 Å². The molecule has 0 fully saturated rings. The van der Waals surface area contributed by atoms with E-state index in [0.29, 0.717) is 11.8 Å². The van der Waals surface area contributed by atoms with Gasteiger partial charge in [0.15, 0.2) is 0 Å². The van der Waals surface area contributed by atoms with Crippen LogP contribution in [0, 0.1) is 0 Å². The predicted octanol–water partition coefficient (Wildman–Crippen LogP) is 2.98. The summed E-state index contributed by atoms with van der Waals surface area (Å²) in [6.45, 7) is 2.45. The molecular formula is C11H13NOS. The Bertz CT molecular complexity index is 308. The smallest absolute Gasteiger partial charge is 0.261 e. The molecule has 14 heavy (non-hydrogen) atoms. The second-order valence-corrected chi connectivity index (χ2v) is 3.03. The molecule has 0 saturated heterocycles. The van der Waals surface area contributed by atoms with Crippen LogP contribution in [-0.4, -0.2) is 11.8 Å². The van der Waals surface area contributed by atoms with Crippen LogP contribution in [0.5, 0.6) is 0 Å². The first-order valence-electron chi connectivity index (χ1n) is 4.43. The normalized spacial score (nSPS) is 10.1. The zero-order valence-corrected chi connectivity index (χ0v) is 8.88. The molecule has 0 aliphatic heterocycles. The number of para-hydroxylation sites is 1. The van der Waals surface area contributed by atoms with Crippen LogP contribution in [0.4, 0.5) is 5.69 Å². The Morgan fingerprint density at radius 2 is 2.14 bits per heavy atom. The van der Waals surface area contributed by atoms with Crippen molar-refractivity contribution in [2.75, 3.05) is 11.9 Å². The monoisotopic (exact) mass is 207 g/mol. The van der Waals surface area contributed by atoms with Gasteiger partial charge in [-0.1, -0.05) is 30.4 Å². The minimum Gasteiger partial charge on any atom is -0.467 e. The quantitative estimate of drug-likeness (QED) is 0.608. The molecule has 0 aliphatic rings. The number of hydrogen-bond donors (Lipinski definition) is 1. The second-order valence-electron chi connectivity index (χ2n) is 2.66. The lowest BCUT2D eigenvalue weighted by Gasteiger charge is -2.07. The number of nitrogens with one attached hydrogen (secondary N) is 1. The largest absolute Gasteiger partial charge is 0.467 e. The molecule has 1 aromatic carbocycles. The first kappa shape index (κ1) is 10.7. The number of ether oxygens (including phenoxy) is 1. The lowest BCUT2D eigenvalue weighted by atomic mass is 10.3. The van der Waals surface area contributed by atoms with E-state index in [1.54, 1.807) is 0 Å². The summed E-state index contributed by atoms with van der Waals surface area (Å²) in [6.07, 6.45) is 3.82. The molecule has 0 saturated carbocycles. The average Bonchev–Trinajstić information content (AvgIpc) is 2.20. The van der Waals surface area contributed by atoms with Gasteiger partial charge in [0, 0.05) is 5.69 Å². The molecule has 0 unspecified atom stereocenters. The van der Waals surface area contributed by atoms with Crippen LogP contribution >= 0.6 is 12.2 Å². The molecule has 2 nitrogen and oxygen atoms in total. The van der Waals surface area contributed by atoms with Gasteiger partial charge >= 0.3 is 0 Å². The second kappa shape index (κ2) is 6.16. The minimum absolute atomic E-state index is 0.398. The van der Waals surface area contributed by atoms with Crippen LogP contribution in [0.3, 0.4) is 0 Å². The Morgan fingerprint density at radius 1 is 1.43 bits per heavy atom. The molecule has 0 amide bonds. The molecule has 0 bridgehead atoms. The summed E-state index contributed by atoms with van der Waals surface area (Å²) < 4.78 is 5.22. The van der Waals surface area contributed by atoms with E-state index in [-0.39, 0.29) is 0 Å². The number of rotatable bonds is 3. The summed E-state index contributed by atoms with van der Waals surface area (Å²) in [5.74, 6) is 0. The zero-order chi connectivity index (χ0) is 10.2. The number of anilines is 1. The maximum atomic E-state index is 5.22. The van der Waals surface area contributed by atoms with Gasteiger partial charge in [-0.15, -0.1) is 0 Å². The maximum Gasteiger partial charge on any atom is 0.261 e. The molecule has 3 heteroatoms. The lowest BCUT2D eigenvalue weighted by molar-refractivity contribution is 0.359. The molecule has 0 radical (unpaired) electrons. The third kappa shape index (κ3) is 4.05. The molecule has 0 heterocycles. The molecule has 0 aliphatic carbocycles.